The molecular formula is C24H30N2O2S. The molecule has 2 aromatic carbocycles. The Bertz CT molecular complexity index is 848. The number of carbonyl (C=O) groups excluding carboxylic acids is 2. The van der Waals surface area contributed by atoms with Gasteiger partial charge in [0, 0.05) is 30.8 Å². The first-order valence-electron chi connectivity index (χ1n) is 10.5. The van der Waals surface area contributed by atoms with Crippen LogP contribution in [-0.2, 0) is 11.2 Å². The molecule has 0 aromatic heterocycles. The Kier molecular flexibility index (Phi) is 7.76. The van der Waals surface area contributed by atoms with E-state index in [2.05, 4.69) is 24.4 Å². The van der Waals surface area contributed by atoms with Gasteiger partial charge in [-0.25, -0.2) is 0 Å². The predicted octanol–water partition coefficient (Wildman–Crippen LogP) is 4.92. The van der Waals surface area contributed by atoms with Gasteiger partial charge in [-0.3, -0.25) is 9.59 Å². The van der Waals surface area contributed by atoms with Crippen LogP contribution in [0.4, 0.5) is 5.69 Å². The maximum absolute atomic E-state index is 12.3. The molecule has 5 heteroatoms. The number of hydrogen-bond donors (Lipinski definition) is 1. The molecule has 1 heterocycles. The average molecular weight is 411 g/mol. The molecule has 1 N–H and O–H groups in total. The van der Waals surface area contributed by atoms with Gasteiger partial charge < -0.3 is 10.2 Å². The largest absolute Gasteiger partial charge is 0.352 e. The lowest BCUT2D eigenvalue weighted by molar-refractivity contribution is -0.118. The first kappa shape index (κ1) is 21.4. The summed E-state index contributed by atoms with van der Waals surface area (Å²) < 4.78 is 0. The minimum absolute atomic E-state index is 0.0142. The molecule has 0 fully saturated rings. The predicted molar refractivity (Wildman–Crippen MR) is 123 cm³/mol. The number of fused-ring (bicyclic) bond motifs is 1. The Labute approximate surface area is 178 Å². The molecule has 29 heavy (non-hydrogen) atoms. The molecule has 0 unspecified atom stereocenters. The summed E-state index contributed by atoms with van der Waals surface area (Å²) in [7, 11) is 0. The molecule has 2 amide bonds. The summed E-state index contributed by atoms with van der Waals surface area (Å²) in [6, 6.07) is 14.0. The van der Waals surface area contributed by atoms with Crippen LogP contribution in [-0.4, -0.2) is 36.4 Å². The van der Waals surface area contributed by atoms with Crippen LogP contribution in [0.15, 0.2) is 42.5 Å². The molecule has 154 valence electrons. The topological polar surface area (TPSA) is 49.4 Å². The molecular weight excluding hydrogens is 380 g/mol. The van der Waals surface area contributed by atoms with Crippen molar-refractivity contribution in [2.45, 2.75) is 39.5 Å². The second-order valence-corrected chi connectivity index (χ2v) is 8.52. The number of hydrogen-bond acceptors (Lipinski definition) is 3. The zero-order valence-corrected chi connectivity index (χ0v) is 18.2. The number of nitrogens with one attached hydrogen (secondary N) is 1. The maximum Gasteiger partial charge on any atom is 0.251 e. The van der Waals surface area contributed by atoms with Crippen LogP contribution in [0.5, 0.6) is 0 Å². The van der Waals surface area contributed by atoms with E-state index >= 15 is 0 Å². The fraction of sp³-hybridized carbons (Fsp3) is 0.417. The van der Waals surface area contributed by atoms with Crippen molar-refractivity contribution in [1.29, 1.82) is 0 Å². The van der Waals surface area contributed by atoms with E-state index in [-0.39, 0.29) is 11.8 Å². The van der Waals surface area contributed by atoms with Gasteiger partial charge in [0.1, 0.15) is 0 Å². The van der Waals surface area contributed by atoms with E-state index in [0.717, 1.165) is 48.5 Å². The van der Waals surface area contributed by atoms with Crippen LogP contribution in [0.25, 0.3) is 11.1 Å². The van der Waals surface area contributed by atoms with Gasteiger partial charge >= 0.3 is 0 Å². The Hall–Kier alpha value is -2.27. The van der Waals surface area contributed by atoms with Gasteiger partial charge in [-0.1, -0.05) is 32.0 Å². The van der Waals surface area contributed by atoms with Crippen molar-refractivity contribution in [2.75, 3.05) is 29.5 Å². The molecule has 0 radical (unpaired) electrons. The van der Waals surface area contributed by atoms with Gasteiger partial charge in [0.15, 0.2) is 0 Å². The van der Waals surface area contributed by atoms with Gasteiger partial charge in [0.25, 0.3) is 5.91 Å². The molecule has 0 bridgehead atoms. The number of rotatable bonds is 9. The summed E-state index contributed by atoms with van der Waals surface area (Å²) in [5.74, 6) is 2.44. The van der Waals surface area contributed by atoms with Crippen molar-refractivity contribution >= 4 is 29.3 Å². The van der Waals surface area contributed by atoms with Gasteiger partial charge in [0.05, 0.1) is 0 Å². The highest BCUT2D eigenvalue weighted by atomic mass is 32.2. The number of carbonyl (C=O) groups is 2. The molecule has 1 aliphatic rings. The maximum atomic E-state index is 12.3. The molecule has 0 saturated heterocycles. The average Bonchev–Trinajstić information content (AvgIpc) is 3.19. The first-order valence-corrected chi connectivity index (χ1v) is 11.7. The van der Waals surface area contributed by atoms with Crippen LogP contribution in [0.3, 0.4) is 0 Å². The molecule has 1 aliphatic heterocycles. The fourth-order valence-electron chi connectivity index (χ4n) is 3.57. The van der Waals surface area contributed by atoms with E-state index in [0.29, 0.717) is 12.0 Å². The van der Waals surface area contributed by atoms with E-state index in [9.17, 15) is 9.59 Å². The highest BCUT2D eigenvalue weighted by Crippen LogP contribution is 2.32. The highest BCUT2D eigenvalue weighted by Gasteiger charge is 2.23. The van der Waals surface area contributed by atoms with E-state index < -0.39 is 0 Å². The van der Waals surface area contributed by atoms with Crippen LogP contribution in [0.2, 0.25) is 0 Å². The molecule has 0 spiro atoms. The van der Waals surface area contributed by atoms with Crippen molar-refractivity contribution in [3.05, 3.63) is 53.6 Å². The second-order valence-electron chi connectivity index (χ2n) is 7.29. The number of benzene rings is 2. The minimum Gasteiger partial charge on any atom is -0.352 e. The molecule has 4 nitrogen and oxygen atoms in total. The highest BCUT2D eigenvalue weighted by molar-refractivity contribution is 7.99. The van der Waals surface area contributed by atoms with Gasteiger partial charge in [-0.15, -0.1) is 0 Å². The molecule has 0 saturated carbocycles. The first-order chi connectivity index (χ1) is 14.1. The summed E-state index contributed by atoms with van der Waals surface area (Å²) in [4.78, 5) is 26.3. The minimum atomic E-state index is -0.0142. The van der Waals surface area contributed by atoms with E-state index in [4.69, 9.17) is 0 Å². The third-order valence-electron chi connectivity index (χ3n) is 5.16. The van der Waals surface area contributed by atoms with Crippen LogP contribution in [0, 0.1) is 0 Å². The zero-order valence-electron chi connectivity index (χ0n) is 17.4. The van der Waals surface area contributed by atoms with E-state index in [1.807, 2.05) is 53.9 Å². The van der Waals surface area contributed by atoms with Crippen molar-refractivity contribution in [1.82, 2.24) is 5.32 Å². The Morgan fingerprint density at radius 2 is 1.79 bits per heavy atom. The molecule has 3 rings (SSSR count). The fourth-order valence-corrected chi connectivity index (χ4v) is 4.41. The van der Waals surface area contributed by atoms with Crippen LogP contribution < -0.4 is 10.2 Å². The molecule has 0 aliphatic carbocycles. The molecule has 2 aromatic rings. The van der Waals surface area contributed by atoms with Crippen molar-refractivity contribution < 1.29 is 9.59 Å². The van der Waals surface area contributed by atoms with Gasteiger partial charge in [0.2, 0.25) is 5.91 Å². The Morgan fingerprint density at radius 3 is 2.52 bits per heavy atom. The van der Waals surface area contributed by atoms with E-state index in [1.165, 1.54) is 17.7 Å². The summed E-state index contributed by atoms with van der Waals surface area (Å²) >= 11 is 1.94. The van der Waals surface area contributed by atoms with Crippen LogP contribution in [0.1, 0.15) is 49.0 Å². The Balaban J connectivity index is 1.59. The van der Waals surface area contributed by atoms with Crippen LogP contribution >= 0.6 is 11.8 Å². The third kappa shape index (κ3) is 5.41. The number of thioether (sulfide) groups is 1. The normalized spacial score (nSPS) is 12.7. The summed E-state index contributed by atoms with van der Waals surface area (Å²) in [6.45, 7) is 5.57. The lowest BCUT2D eigenvalue weighted by atomic mass is 10.0. The standard InChI is InChI=1S/C24H30N2O2S/c1-3-15-29-16-5-13-25-24(28)19-8-6-18(7-9-19)20-10-11-22-21(17-20)12-14-26(22)23(27)4-2/h6-11,17H,3-5,12-16H2,1-2H3,(H,25,28). The van der Waals surface area contributed by atoms with Crippen molar-refractivity contribution in [3.8, 4) is 11.1 Å². The Morgan fingerprint density at radius 1 is 1.03 bits per heavy atom. The smallest absolute Gasteiger partial charge is 0.251 e. The van der Waals surface area contributed by atoms with Crippen molar-refractivity contribution in [2.24, 2.45) is 0 Å². The second kappa shape index (κ2) is 10.5. The third-order valence-corrected chi connectivity index (χ3v) is 6.43. The number of nitrogens with zero attached hydrogens (tertiary/aromatic N) is 1. The number of anilines is 1. The lowest BCUT2D eigenvalue weighted by Gasteiger charge is -2.16. The van der Waals surface area contributed by atoms with Gasteiger partial charge in [-0.05, 0) is 71.7 Å². The van der Waals surface area contributed by atoms with Gasteiger partial charge in [-0.2, -0.15) is 11.8 Å². The van der Waals surface area contributed by atoms with Crippen molar-refractivity contribution in [3.63, 3.8) is 0 Å². The SMILES string of the molecule is CCCSCCCNC(=O)c1ccc(-c2ccc3c(c2)CCN3C(=O)CC)cc1. The van der Waals surface area contributed by atoms with E-state index in [1.54, 1.807) is 0 Å². The summed E-state index contributed by atoms with van der Waals surface area (Å²) in [5.41, 5.74) is 5.15. The summed E-state index contributed by atoms with van der Waals surface area (Å²) in [6.07, 6.45) is 3.62. The number of amides is 2. The molecule has 0 atom stereocenters. The quantitative estimate of drug-likeness (QED) is 0.597. The zero-order chi connectivity index (χ0) is 20.6. The monoisotopic (exact) mass is 410 g/mol. The summed E-state index contributed by atoms with van der Waals surface area (Å²) in [5, 5.41) is 3.00. The lowest BCUT2D eigenvalue weighted by Crippen LogP contribution is -2.27.